The average molecular weight is 665 g/mol. The van der Waals surface area contributed by atoms with Crippen molar-refractivity contribution < 1.29 is 35.8 Å². The summed E-state index contributed by atoms with van der Waals surface area (Å²) in [5.41, 5.74) is -1.32. The zero-order valence-corrected chi connectivity index (χ0v) is 25.9. The first-order valence-corrected chi connectivity index (χ1v) is 15.8. The standard InChI is InChI=1S/C38H34F6N2O2/c39-37(40,41)31-18-28(19-32(20-31)38(42,43)44)34(25-47-24-27-12-6-2-7-13-27)48-35-17-16-33-29(22-45)21-36(35,30-14-8-3-9-15-30)46(33)23-26-10-4-1-5-11-26/h1-15,18-20,29,33-35H,16-17,21,23-25H2. The lowest BCUT2D eigenvalue weighted by atomic mass is 9.78. The van der Waals surface area contributed by atoms with E-state index in [9.17, 15) is 31.6 Å². The van der Waals surface area contributed by atoms with Gasteiger partial charge in [0.05, 0.1) is 48.0 Å². The molecule has 2 aliphatic heterocycles. The molecule has 6 rings (SSSR count). The molecule has 0 radical (unpaired) electrons. The Labute approximate surface area is 275 Å². The van der Waals surface area contributed by atoms with Gasteiger partial charge in [0.15, 0.2) is 0 Å². The number of benzene rings is 4. The highest BCUT2D eigenvalue weighted by molar-refractivity contribution is 5.36. The van der Waals surface area contributed by atoms with E-state index in [-0.39, 0.29) is 36.8 Å². The maximum absolute atomic E-state index is 14.0. The van der Waals surface area contributed by atoms with Crippen LogP contribution in [0.15, 0.2) is 109 Å². The number of fused-ring (bicyclic) bond motifs is 2. The molecule has 2 heterocycles. The van der Waals surface area contributed by atoms with E-state index in [2.05, 4.69) is 11.0 Å². The molecule has 2 bridgehead atoms. The normalized spacial score (nSPS) is 23.5. The minimum Gasteiger partial charge on any atom is -0.374 e. The summed E-state index contributed by atoms with van der Waals surface area (Å²) in [4.78, 5) is 2.26. The fraction of sp³-hybridized carbons (Fsp3) is 0.342. The van der Waals surface area contributed by atoms with Crippen molar-refractivity contribution >= 4 is 0 Å². The predicted octanol–water partition coefficient (Wildman–Crippen LogP) is 9.47. The quantitative estimate of drug-likeness (QED) is 0.159. The van der Waals surface area contributed by atoms with Crippen LogP contribution in [0.3, 0.4) is 0 Å². The molecule has 0 aromatic heterocycles. The molecule has 0 amide bonds. The van der Waals surface area contributed by atoms with Crippen molar-refractivity contribution in [2.45, 2.75) is 68.6 Å². The van der Waals surface area contributed by atoms with Crippen molar-refractivity contribution in [3.05, 3.63) is 143 Å². The molecule has 4 aromatic rings. The number of ether oxygens (including phenoxy) is 2. The largest absolute Gasteiger partial charge is 0.416 e. The summed E-state index contributed by atoms with van der Waals surface area (Å²) in [6, 6.07) is 32.3. The Balaban J connectivity index is 1.44. The Morgan fingerprint density at radius 2 is 1.33 bits per heavy atom. The number of hydrogen-bond acceptors (Lipinski definition) is 4. The topological polar surface area (TPSA) is 45.5 Å². The van der Waals surface area contributed by atoms with Crippen LogP contribution in [-0.2, 0) is 40.5 Å². The number of hydrogen-bond donors (Lipinski definition) is 0. The summed E-state index contributed by atoms with van der Waals surface area (Å²) in [5.74, 6) is -0.360. The molecule has 4 nitrogen and oxygen atoms in total. The van der Waals surface area contributed by atoms with Gasteiger partial charge in [-0.1, -0.05) is 91.0 Å². The van der Waals surface area contributed by atoms with Crippen molar-refractivity contribution in [1.82, 2.24) is 4.90 Å². The van der Waals surface area contributed by atoms with Gasteiger partial charge in [-0.25, -0.2) is 0 Å². The van der Waals surface area contributed by atoms with Crippen molar-refractivity contribution in [1.29, 1.82) is 5.26 Å². The highest BCUT2D eigenvalue weighted by atomic mass is 19.4. The zero-order chi connectivity index (χ0) is 33.9. The van der Waals surface area contributed by atoms with Gasteiger partial charge in [-0.2, -0.15) is 31.6 Å². The summed E-state index contributed by atoms with van der Waals surface area (Å²) in [5, 5.41) is 10.3. The molecule has 0 N–H and O–H groups in total. The van der Waals surface area contributed by atoms with Crippen LogP contribution in [0.1, 0.15) is 58.7 Å². The van der Waals surface area contributed by atoms with Gasteiger partial charge in [0, 0.05) is 12.6 Å². The minimum atomic E-state index is -5.02. The van der Waals surface area contributed by atoms with Gasteiger partial charge in [0.25, 0.3) is 0 Å². The molecule has 0 spiro atoms. The zero-order valence-electron chi connectivity index (χ0n) is 25.9. The first kappa shape index (κ1) is 33.7. The smallest absolute Gasteiger partial charge is 0.374 e. The van der Waals surface area contributed by atoms with Crippen molar-refractivity contribution in [3.8, 4) is 6.07 Å². The maximum atomic E-state index is 14.0. The van der Waals surface area contributed by atoms with Crippen LogP contribution in [0.5, 0.6) is 0 Å². The summed E-state index contributed by atoms with van der Waals surface area (Å²) in [6.45, 7) is 0.271. The molecule has 0 saturated carbocycles. The minimum absolute atomic E-state index is 0.0823. The van der Waals surface area contributed by atoms with Gasteiger partial charge in [0.2, 0.25) is 0 Å². The second-order valence-electron chi connectivity index (χ2n) is 12.4. The van der Waals surface area contributed by atoms with Crippen LogP contribution < -0.4 is 0 Å². The van der Waals surface area contributed by atoms with Gasteiger partial charge in [-0.05, 0) is 59.7 Å². The van der Waals surface area contributed by atoms with Crippen LogP contribution in [0.4, 0.5) is 26.3 Å². The van der Waals surface area contributed by atoms with Crippen LogP contribution in [0, 0.1) is 17.2 Å². The number of rotatable bonds is 10. The second-order valence-corrected chi connectivity index (χ2v) is 12.4. The summed E-state index contributed by atoms with van der Waals surface area (Å²) >= 11 is 0. The van der Waals surface area contributed by atoms with Crippen molar-refractivity contribution in [2.75, 3.05) is 6.61 Å². The summed E-state index contributed by atoms with van der Waals surface area (Å²) in [7, 11) is 0. The van der Waals surface area contributed by atoms with Crippen LogP contribution in [-0.4, -0.2) is 23.7 Å². The Morgan fingerprint density at radius 3 is 1.90 bits per heavy atom. The maximum Gasteiger partial charge on any atom is 0.416 e. The van der Waals surface area contributed by atoms with Crippen LogP contribution in [0.2, 0.25) is 0 Å². The number of nitriles is 1. The Kier molecular flexibility index (Phi) is 9.66. The van der Waals surface area contributed by atoms with Gasteiger partial charge in [-0.15, -0.1) is 0 Å². The molecule has 250 valence electrons. The molecule has 48 heavy (non-hydrogen) atoms. The molecule has 0 aliphatic carbocycles. The number of nitrogens with zero attached hydrogens (tertiary/aromatic N) is 2. The van der Waals surface area contributed by atoms with E-state index in [0.29, 0.717) is 25.8 Å². The molecule has 5 atom stereocenters. The van der Waals surface area contributed by atoms with Crippen molar-refractivity contribution in [3.63, 3.8) is 0 Å². The third-order valence-electron chi connectivity index (χ3n) is 9.49. The molecule has 10 heteroatoms. The van der Waals surface area contributed by atoms with E-state index in [4.69, 9.17) is 9.47 Å². The number of piperidine rings is 1. The third kappa shape index (κ3) is 7.00. The Morgan fingerprint density at radius 1 is 0.771 bits per heavy atom. The molecule has 2 saturated heterocycles. The lowest BCUT2D eigenvalue weighted by molar-refractivity contribution is -0.150. The van der Waals surface area contributed by atoms with Gasteiger partial charge >= 0.3 is 12.4 Å². The Bertz CT molecular complexity index is 1680. The SMILES string of the molecule is N#CC1CC2(c3ccccc3)C(OC(COCc3ccccc3)c3cc(C(F)(F)F)cc(C(F)(F)F)c3)CCC1N2Cc1ccccc1. The fourth-order valence-corrected chi connectivity index (χ4v) is 7.32. The Hall–Kier alpha value is -4.17. The molecular formula is C38H34F6N2O2. The summed E-state index contributed by atoms with van der Waals surface area (Å²) < 4.78 is 96.7. The van der Waals surface area contributed by atoms with E-state index in [1.54, 1.807) is 0 Å². The van der Waals surface area contributed by atoms with E-state index >= 15 is 0 Å². The monoisotopic (exact) mass is 664 g/mol. The lowest BCUT2D eigenvalue weighted by Crippen LogP contribution is -2.57. The fourth-order valence-electron chi connectivity index (χ4n) is 7.32. The highest BCUT2D eigenvalue weighted by Gasteiger charge is 2.60. The van der Waals surface area contributed by atoms with Crippen LogP contribution in [0.25, 0.3) is 0 Å². The van der Waals surface area contributed by atoms with E-state index in [1.165, 1.54) is 0 Å². The van der Waals surface area contributed by atoms with E-state index in [0.717, 1.165) is 28.8 Å². The van der Waals surface area contributed by atoms with Gasteiger partial charge in [-0.3, -0.25) is 4.90 Å². The number of alkyl halides is 6. The molecular weight excluding hydrogens is 630 g/mol. The first-order chi connectivity index (χ1) is 23.0. The van der Waals surface area contributed by atoms with E-state index < -0.39 is 41.2 Å². The third-order valence-corrected chi connectivity index (χ3v) is 9.49. The lowest BCUT2D eigenvalue weighted by Gasteiger charge is -2.51. The summed E-state index contributed by atoms with van der Waals surface area (Å²) in [6.07, 6.45) is -10.6. The molecule has 5 unspecified atom stereocenters. The first-order valence-electron chi connectivity index (χ1n) is 15.8. The van der Waals surface area contributed by atoms with E-state index in [1.807, 2.05) is 91.0 Å². The van der Waals surface area contributed by atoms with Gasteiger partial charge in [0.1, 0.15) is 6.10 Å². The highest BCUT2D eigenvalue weighted by Crippen LogP contribution is 2.55. The molecule has 2 aliphatic rings. The van der Waals surface area contributed by atoms with Gasteiger partial charge < -0.3 is 9.47 Å². The predicted molar refractivity (Wildman–Crippen MR) is 167 cm³/mol. The van der Waals surface area contributed by atoms with Crippen molar-refractivity contribution in [2.24, 2.45) is 5.92 Å². The molecule has 4 aromatic carbocycles. The van der Waals surface area contributed by atoms with Crippen LogP contribution >= 0.6 is 0 Å². The average Bonchev–Trinajstić information content (AvgIpc) is 3.29. The second kappa shape index (κ2) is 13.7. The molecule has 2 fully saturated rings. The number of halogens is 6.